The lowest BCUT2D eigenvalue weighted by Crippen LogP contribution is -2.48. The fourth-order valence-corrected chi connectivity index (χ4v) is 5.38. The highest BCUT2D eigenvalue weighted by Gasteiger charge is 2.53. The van der Waals surface area contributed by atoms with Crippen molar-refractivity contribution < 1.29 is 4.42 Å². The van der Waals surface area contributed by atoms with Gasteiger partial charge in [-0.05, 0) is 63.3 Å². The number of hydrogen-bond acceptors (Lipinski definition) is 3. The van der Waals surface area contributed by atoms with Crippen molar-refractivity contribution in [1.82, 2.24) is 10.3 Å². The van der Waals surface area contributed by atoms with E-state index in [1.54, 1.807) is 6.39 Å². The van der Waals surface area contributed by atoms with E-state index < -0.39 is 0 Å². The molecule has 0 saturated heterocycles. The van der Waals surface area contributed by atoms with Crippen molar-refractivity contribution in [2.24, 2.45) is 17.8 Å². The van der Waals surface area contributed by atoms with Gasteiger partial charge in [0.2, 0.25) is 0 Å². The van der Waals surface area contributed by atoms with E-state index in [9.17, 15) is 0 Å². The largest absolute Gasteiger partial charge is 0.448 e. The van der Waals surface area contributed by atoms with Crippen LogP contribution in [0, 0.1) is 17.8 Å². The molecular weight excluding hydrogens is 224 g/mol. The molecule has 1 N–H and O–H groups in total. The average Bonchev–Trinajstić information content (AvgIpc) is 2.76. The van der Waals surface area contributed by atoms with Crippen LogP contribution >= 0.6 is 0 Å². The van der Waals surface area contributed by atoms with E-state index in [1.165, 1.54) is 44.3 Å². The lowest BCUT2D eigenvalue weighted by Gasteiger charge is -2.56. The molecule has 0 radical (unpaired) electrons. The van der Waals surface area contributed by atoms with Crippen molar-refractivity contribution in [3.05, 3.63) is 17.8 Å². The number of nitrogens with zero attached hydrogens (tertiary/aromatic N) is 1. The molecule has 1 aromatic heterocycles. The molecule has 5 rings (SSSR count). The summed E-state index contributed by atoms with van der Waals surface area (Å²) in [6.07, 6.45) is 10.2. The van der Waals surface area contributed by atoms with Gasteiger partial charge in [0, 0.05) is 12.0 Å². The highest BCUT2D eigenvalue weighted by atomic mass is 16.3. The molecule has 0 aliphatic heterocycles. The molecule has 1 aromatic rings. The van der Waals surface area contributed by atoms with Crippen molar-refractivity contribution in [3.8, 4) is 0 Å². The lowest BCUT2D eigenvalue weighted by atomic mass is 9.49. The van der Waals surface area contributed by atoms with E-state index in [-0.39, 0.29) is 0 Å². The minimum atomic E-state index is 0.345. The molecule has 0 spiro atoms. The minimum absolute atomic E-state index is 0.345. The summed E-state index contributed by atoms with van der Waals surface area (Å²) in [7, 11) is 1.98. The third-order valence-corrected chi connectivity index (χ3v) is 5.51. The normalized spacial score (nSPS) is 41.5. The topological polar surface area (TPSA) is 38.1 Å². The molecule has 0 aromatic carbocycles. The second kappa shape index (κ2) is 3.83. The second-order valence-electron chi connectivity index (χ2n) is 6.86. The first kappa shape index (κ1) is 11.0. The van der Waals surface area contributed by atoms with E-state index in [2.05, 4.69) is 10.3 Å². The highest BCUT2D eigenvalue weighted by molar-refractivity contribution is 5.24. The van der Waals surface area contributed by atoms with Crippen molar-refractivity contribution in [2.75, 3.05) is 7.05 Å². The highest BCUT2D eigenvalue weighted by Crippen LogP contribution is 2.61. The summed E-state index contributed by atoms with van der Waals surface area (Å²) in [5.41, 5.74) is 1.50. The molecule has 0 atom stereocenters. The number of rotatable bonds is 3. The van der Waals surface area contributed by atoms with Crippen LogP contribution in [0.4, 0.5) is 0 Å². The zero-order valence-corrected chi connectivity index (χ0v) is 11.1. The van der Waals surface area contributed by atoms with E-state index in [1.807, 2.05) is 7.05 Å². The Balaban J connectivity index is 1.72. The van der Waals surface area contributed by atoms with E-state index in [0.29, 0.717) is 5.41 Å². The van der Waals surface area contributed by atoms with Crippen molar-refractivity contribution in [2.45, 2.75) is 50.5 Å². The fraction of sp³-hybridized carbons (Fsp3) is 0.800. The molecule has 4 fully saturated rings. The molecule has 98 valence electrons. The van der Waals surface area contributed by atoms with Crippen molar-refractivity contribution >= 4 is 0 Å². The molecule has 4 saturated carbocycles. The van der Waals surface area contributed by atoms with E-state index in [0.717, 1.165) is 30.0 Å². The Morgan fingerprint density at radius 2 is 1.83 bits per heavy atom. The summed E-state index contributed by atoms with van der Waals surface area (Å²) in [4.78, 5) is 4.43. The third kappa shape index (κ3) is 1.49. The van der Waals surface area contributed by atoms with Gasteiger partial charge in [0.05, 0.1) is 5.69 Å². The van der Waals surface area contributed by atoms with Crippen LogP contribution in [-0.2, 0) is 12.0 Å². The van der Waals surface area contributed by atoms with Crippen LogP contribution in [0.2, 0.25) is 0 Å². The molecule has 18 heavy (non-hydrogen) atoms. The summed E-state index contributed by atoms with van der Waals surface area (Å²) in [5.74, 6) is 4.10. The van der Waals surface area contributed by atoms with Crippen LogP contribution in [0.1, 0.15) is 50.0 Å². The minimum Gasteiger partial charge on any atom is -0.448 e. The predicted octanol–water partition coefficient (Wildman–Crippen LogP) is 2.86. The molecule has 4 aliphatic rings. The molecule has 3 nitrogen and oxygen atoms in total. The molecule has 0 amide bonds. The Bertz CT molecular complexity index is 416. The second-order valence-corrected chi connectivity index (χ2v) is 6.86. The van der Waals surface area contributed by atoms with Gasteiger partial charge in [-0.2, -0.15) is 0 Å². The number of aromatic nitrogens is 1. The summed E-state index contributed by atoms with van der Waals surface area (Å²) in [6, 6.07) is 0. The van der Waals surface area contributed by atoms with Crippen LogP contribution in [0.25, 0.3) is 0 Å². The van der Waals surface area contributed by atoms with Gasteiger partial charge in [-0.25, -0.2) is 4.98 Å². The molecule has 1 heterocycles. The maximum atomic E-state index is 5.85. The maximum Gasteiger partial charge on any atom is 0.181 e. The first-order valence-electron chi connectivity index (χ1n) is 7.36. The summed E-state index contributed by atoms with van der Waals surface area (Å²) < 4.78 is 5.85. The van der Waals surface area contributed by atoms with Gasteiger partial charge in [0.25, 0.3) is 0 Å². The fourth-order valence-electron chi connectivity index (χ4n) is 5.38. The van der Waals surface area contributed by atoms with Crippen LogP contribution < -0.4 is 5.32 Å². The van der Waals surface area contributed by atoms with Gasteiger partial charge in [-0.15, -0.1) is 0 Å². The Labute approximate surface area is 108 Å². The number of hydrogen-bond donors (Lipinski definition) is 1. The number of nitrogens with one attached hydrogen (secondary N) is 1. The zero-order valence-electron chi connectivity index (χ0n) is 11.1. The van der Waals surface area contributed by atoms with Crippen LogP contribution in [0.5, 0.6) is 0 Å². The van der Waals surface area contributed by atoms with E-state index >= 15 is 0 Å². The predicted molar refractivity (Wildman–Crippen MR) is 69.1 cm³/mol. The number of oxazole rings is 1. The molecular formula is C15H22N2O. The Hall–Kier alpha value is -0.830. The molecule has 0 unspecified atom stereocenters. The summed E-state index contributed by atoms with van der Waals surface area (Å²) in [5, 5.41) is 3.22. The summed E-state index contributed by atoms with van der Waals surface area (Å²) in [6.45, 7) is 0.841. The van der Waals surface area contributed by atoms with Crippen molar-refractivity contribution in [3.63, 3.8) is 0 Å². The lowest BCUT2D eigenvalue weighted by molar-refractivity contribution is -0.0157. The maximum absolute atomic E-state index is 5.85. The Morgan fingerprint density at radius 3 is 2.39 bits per heavy atom. The van der Waals surface area contributed by atoms with Crippen LogP contribution in [0.15, 0.2) is 10.8 Å². The first-order chi connectivity index (χ1) is 8.79. The molecule has 3 heteroatoms. The standard InChI is InChI=1S/C15H22N2O/c1-16-8-13-14(18-9-17-13)15-5-10-2-11(6-15)4-12(3-10)7-15/h9-12,16H,2-8H2,1H3. The third-order valence-electron chi connectivity index (χ3n) is 5.51. The SMILES string of the molecule is CNCc1ncoc1C12CC3CC(CC(C3)C1)C2. The van der Waals surface area contributed by atoms with Gasteiger partial charge in [-0.3, -0.25) is 0 Å². The quantitative estimate of drug-likeness (QED) is 0.891. The monoisotopic (exact) mass is 246 g/mol. The Morgan fingerprint density at radius 1 is 1.22 bits per heavy atom. The Kier molecular flexibility index (Phi) is 2.35. The van der Waals surface area contributed by atoms with Crippen molar-refractivity contribution in [1.29, 1.82) is 0 Å². The van der Waals surface area contributed by atoms with Gasteiger partial charge in [0.15, 0.2) is 6.39 Å². The summed E-state index contributed by atoms with van der Waals surface area (Å²) >= 11 is 0. The molecule has 4 aliphatic carbocycles. The van der Waals surface area contributed by atoms with Gasteiger partial charge in [0.1, 0.15) is 5.76 Å². The van der Waals surface area contributed by atoms with Crippen LogP contribution in [-0.4, -0.2) is 12.0 Å². The van der Waals surface area contributed by atoms with Crippen LogP contribution in [0.3, 0.4) is 0 Å². The van der Waals surface area contributed by atoms with Gasteiger partial charge < -0.3 is 9.73 Å². The smallest absolute Gasteiger partial charge is 0.181 e. The molecule has 4 bridgehead atoms. The van der Waals surface area contributed by atoms with Gasteiger partial charge >= 0.3 is 0 Å². The van der Waals surface area contributed by atoms with E-state index in [4.69, 9.17) is 4.42 Å². The zero-order chi connectivity index (χ0) is 12.2. The first-order valence-corrected chi connectivity index (χ1v) is 7.36. The average molecular weight is 246 g/mol. The van der Waals surface area contributed by atoms with Gasteiger partial charge in [-0.1, -0.05) is 0 Å².